The number of rotatable bonds is 2. The summed E-state index contributed by atoms with van der Waals surface area (Å²) in [7, 11) is 1.39. The molecule has 13 heavy (non-hydrogen) atoms. The summed E-state index contributed by atoms with van der Waals surface area (Å²) in [5, 5.41) is 0. The fourth-order valence-electron chi connectivity index (χ4n) is 1.56. The van der Waals surface area contributed by atoms with Gasteiger partial charge in [0.2, 0.25) is 0 Å². The van der Waals surface area contributed by atoms with Crippen LogP contribution in [0, 0.1) is 0 Å². The van der Waals surface area contributed by atoms with Crippen molar-refractivity contribution in [2.75, 3.05) is 20.2 Å². The lowest BCUT2D eigenvalue weighted by molar-refractivity contribution is -0.144. The maximum absolute atomic E-state index is 11.3. The first-order chi connectivity index (χ1) is 6.20. The minimum absolute atomic E-state index is 0.207. The van der Waals surface area contributed by atoms with E-state index in [0.717, 1.165) is 19.4 Å². The normalized spacial score (nSPS) is 21.7. The number of hydrogen-bond donors (Lipinski definition) is 1. The fourth-order valence-corrected chi connectivity index (χ4v) is 1.78. The number of thiocarbonyl (C=S) groups is 1. The Bertz CT molecular complexity index is 198. The van der Waals surface area contributed by atoms with Gasteiger partial charge in [0.15, 0.2) is 0 Å². The van der Waals surface area contributed by atoms with Crippen molar-refractivity contribution < 1.29 is 9.53 Å². The van der Waals surface area contributed by atoms with E-state index in [2.05, 4.69) is 4.74 Å². The van der Waals surface area contributed by atoms with E-state index >= 15 is 0 Å². The molecule has 0 saturated carbocycles. The molecule has 74 valence electrons. The second-order valence-corrected chi connectivity index (χ2v) is 3.44. The largest absolute Gasteiger partial charge is 0.467 e. The van der Waals surface area contributed by atoms with Crippen LogP contribution in [0.4, 0.5) is 0 Å². The SMILES string of the molecule is COC(=O)[C@H]1CCCN1C(=S)CN. The Morgan fingerprint density at radius 3 is 3.00 bits per heavy atom. The molecule has 0 aromatic heterocycles. The molecule has 1 heterocycles. The number of carbonyl (C=O) groups is 1. The molecule has 0 bridgehead atoms. The monoisotopic (exact) mass is 202 g/mol. The predicted octanol–water partition coefficient (Wildman–Crippen LogP) is -0.0901. The van der Waals surface area contributed by atoms with Crippen LogP contribution in [0.25, 0.3) is 0 Å². The summed E-state index contributed by atoms with van der Waals surface area (Å²) in [5.74, 6) is -0.215. The van der Waals surface area contributed by atoms with Crippen LogP contribution < -0.4 is 5.73 Å². The Hall–Kier alpha value is -0.680. The van der Waals surface area contributed by atoms with E-state index in [1.165, 1.54) is 7.11 Å². The maximum Gasteiger partial charge on any atom is 0.328 e. The highest BCUT2D eigenvalue weighted by Crippen LogP contribution is 2.18. The van der Waals surface area contributed by atoms with Crippen LogP contribution in [0.3, 0.4) is 0 Å². The van der Waals surface area contributed by atoms with Gasteiger partial charge >= 0.3 is 5.97 Å². The van der Waals surface area contributed by atoms with Gasteiger partial charge in [-0.25, -0.2) is 4.79 Å². The van der Waals surface area contributed by atoms with Crippen LogP contribution in [0.1, 0.15) is 12.8 Å². The van der Waals surface area contributed by atoms with Gasteiger partial charge in [-0.05, 0) is 12.8 Å². The van der Waals surface area contributed by atoms with Crippen molar-refractivity contribution in [1.82, 2.24) is 4.90 Å². The van der Waals surface area contributed by atoms with Gasteiger partial charge in [-0.2, -0.15) is 0 Å². The summed E-state index contributed by atoms with van der Waals surface area (Å²) in [6, 6.07) is -0.207. The van der Waals surface area contributed by atoms with Crippen LogP contribution in [-0.2, 0) is 9.53 Å². The molecule has 0 aromatic rings. The highest BCUT2D eigenvalue weighted by Gasteiger charge is 2.32. The Kier molecular flexibility index (Phi) is 3.62. The van der Waals surface area contributed by atoms with Crippen molar-refractivity contribution >= 4 is 23.2 Å². The molecule has 0 amide bonds. The molecule has 2 N–H and O–H groups in total. The van der Waals surface area contributed by atoms with Gasteiger partial charge in [-0.1, -0.05) is 12.2 Å². The van der Waals surface area contributed by atoms with Gasteiger partial charge in [-0.15, -0.1) is 0 Å². The molecule has 1 saturated heterocycles. The fraction of sp³-hybridized carbons (Fsp3) is 0.750. The Balaban J connectivity index is 2.63. The van der Waals surface area contributed by atoms with Gasteiger partial charge in [0.25, 0.3) is 0 Å². The molecule has 1 aliphatic rings. The number of carbonyl (C=O) groups excluding carboxylic acids is 1. The highest BCUT2D eigenvalue weighted by molar-refractivity contribution is 7.80. The molecule has 0 aliphatic carbocycles. The summed E-state index contributed by atoms with van der Waals surface area (Å²) >= 11 is 5.05. The number of hydrogen-bond acceptors (Lipinski definition) is 4. The third-order valence-corrected chi connectivity index (χ3v) is 2.62. The van der Waals surface area contributed by atoms with E-state index in [1.54, 1.807) is 0 Å². The second-order valence-electron chi connectivity index (χ2n) is 2.97. The Morgan fingerprint density at radius 1 is 1.77 bits per heavy atom. The summed E-state index contributed by atoms with van der Waals surface area (Å²) in [6.45, 7) is 1.14. The molecular formula is C8H14N2O2S. The third-order valence-electron chi connectivity index (χ3n) is 2.22. The number of nitrogens with two attached hydrogens (primary N) is 1. The Morgan fingerprint density at radius 2 is 2.46 bits per heavy atom. The minimum Gasteiger partial charge on any atom is -0.467 e. The molecule has 0 unspecified atom stereocenters. The van der Waals surface area contributed by atoms with Crippen molar-refractivity contribution in [3.63, 3.8) is 0 Å². The first kappa shape index (κ1) is 10.4. The van der Waals surface area contributed by atoms with E-state index in [-0.39, 0.29) is 12.0 Å². The zero-order valence-electron chi connectivity index (χ0n) is 7.66. The zero-order valence-corrected chi connectivity index (χ0v) is 8.47. The standard InChI is InChI=1S/C8H14N2O2S/c1-12-8(11)6-3-2-4-10(6)7(13)5-9/h6H,2-5,9H2,1H3/t6-/m1/s1. The predicted molar refractivity (Wildman–Crippen MR) is 53.4 cm³/mol. The van der Waals surface area contributed by atoms with Gasteiger partial charge in [-0.3, -0.25) is 0 Å². The topological polar surface area (TPSA) is 55.6 Å². The van der Waals surface area contributed by atoms with Crippen LogP contribution in [0.5, 0.6) is 0 Å². The smallest absolute Gasteiger partial charge is 0.328 e. The van der Waals surface area contributed by atoms with Crippen molar-refractivity contribution in [3.8, 4) is 0 Å². The molecule has 1 aliphatic heterocycles. The summed E-state index contributed by atoms with van der Waals surface area (Å²) in [5.41, 5.74) is 5.42. The lowest BCUT2D eigenvalue weighted by Gasteiger charge is -2.24. The molecule has 1 fully saturated rings. The van der Waals surface area contributed by atoms with Gasteiger partial charge in [0, 0.05) is 13.1 Å². The summed E-state index contributed by atoms with van der Waals surface area (Å²) < 4.78 is 4.68. The molecule has 5 heteroatoms. The molecule has 0 radical (unpaired) electrons. The minimum atomic E-state index is -0.215. The van der Waals surface area contributed by atoms with Crippen LogP contribution in [0.2, 0.25) is 0 Å². The molecule has 1 atom stereocenters. The first-order valence-electron chi connectivity index (χ1n) is 4.28. The Labute approximate surface area is 83.0 Å². The van der Waals surface area contributed by atoms with E-state index in [0.29, 0.717) is 11.5 Å². The van der Waals surface area contributed by atoms with Crippen molar-refractivity contribution in [2.24, 2.45) is 5.73 Å². The molecule has 1 rings (SSSR count). The second kappa shape index (κ2) is 4.53. The number of ether oxygens (including phenoxy) is 1. The van der Waals surface area contributed by atoms with E-state index in [9.17, 15) is 4.79 Å². The summed E-state index contributed by atoms with van der Waals surface area (Å²) in [6.07, 6.45) is 1.78. The third kappa shape index (κ3) is 2.16. The van der Waals surface area contributed by atoms with E-state index in [4.69, 9.17) is 18.0 Å². The summed E-state index contributed by atoms with van der Waals surface area (Å²) in [4.78, 5) is 13.8. The number of nitrogens with zero attached hydrogens (tertiary/aromatic N) is 1. The first-order valence-corrected chi connectivity index (χ1v) is 4.69. The average Bonchev–Trinajstić information content (AvgIpc) is 2.63. The van der Waals surface area contributed by atoms with Crippen molar-refractivity contribution in [3.05, 3.63) is 0 Å². The van der Waals surface area contributed by atoms with Crippen molar-refractivity contribution in [1.29, 1.82) is 0 Å². The highest BCUT2D eigenvalue weighted by atomic mass is 32.1. The lowest BCUT2D eigenvalue weighted by atomic mass is 10.2. The number of esters is 1. The molecule has 4 nitrogen and oxygen atoms in total. The molecule has 0 aromatic carbocycles. The number of likely N-dealkylation sites (tertiary alicyclic amines) is 1. The number of methoxy groups -OCH3 is 1. The van der Waals surface area contributed by atoms with E-state index in [1.807, 2.05) is 4.90 Å². The lowest BCUT2D eigenvalue weighted by Crippen LogP contribution is -2.42. The zero-order chi connectivity index (χ0) is 9.84. The maximum atomic E-state index is 11.3. The quantitative estimate of drug-likeness (QED) is 0.501. The van der Waals surface area contributed by atoms with Crippen molar-refractivity contribution in [2.45, 2.75) is 18.9 Å². The van der Waals surface area contributed by atoms with Crippen LogP contribution >= 0.6 is 12.2 Å². The molecule has 0 spiro atoms. The van der Waals surface area contributed by atoms with Gasteiger partial charge in [0.05, 0.1) is 12.1 Å². The van der Waals surface area contributed by atoms with E-state index < -0.39 is 0 Å². The van der Waals surface area contributed by atoms with Crippen LogP contribution in [0.15, 0.2) is 0 Å². The van der Waals surface area contributed by atoms with Gasteiger partial charge < -0.3 is 15.4 Å². The average molecular weight is 202 g/mol. The molecular weight excluding hydrogens is 188 g/mol. The van der Waals surface area contributed by atoms with Crippen LogP contribution in [-0.4, -0.2) is 42.1 Å². The van der Waals surface area contributed by atoms with Gasteiger partial charge in [0.1, 0.15) is 6.04 Å².